The Morgan fingerprint density at radius 2 is 2.12 bits per heavy atom. The minimum absolute atomic E-state index is 0.591. The topological polar surface area (TPSA) is 50.3 Å². The zero-order valence-corrected chi connectivity index (χ0v) is 16.1. The van der Waals surface area contributed by atoms with Gasteiger partial charge >= 0.3 is 0 Å². The molecule has 6 heteroatoms. The molecule has 5 nitrogen and oxygen atoms in total. The first-order valence-electron chi connectivity index (χ1n) is 9.14. The van der Waals surface area contributed by atoms with Crippen molar-refractivity contribution in [3.05, 3.63) is 36.0 Å². The molecule has 0 radical (unpaired) electrons. The van der Waals surface area contributed by atoms with Crippen molar-refractivity contribution in [3.63, 3.8) is 0 Å². The lowest BCUT2D eigenvalue weighted by Crippen LogP contribution is -2.34. The number of rotatable bonds is 6. The molecule has 26 heavy (non-hydrogen) atoms. The molecule has 1 N–H and O–H groups in total. The maximum Gasteiger partial charge on any atom is 0.138 e. The van der Waals surface area contributed by atoms with Crippen molar-refractivity contribution in [1.82, 2.24) is 14.9 Å². The molecule has 1 aliphatic heterocycles. The molecule has 0 bridgehead atoms. The van der Waals surface area contributed by atoms with Crippen molar-refractivity contribution in [3.8, 4) is 16.9 Å². The van der Waals surface area contributed by atoms with Crippen LogP contribution in [0.2, 0.25) is 0 Å². The lowest BCUT2D eigenvalue weighted by Gasteiger charge is -2.23. The fourth-order valence-corrected chi connectivity index (χ4v) is 4.67. The summed E-state index contributed by atoms with van der Waals surface area (Å²) in [5.41, 5.74) is 2.33. The molecule has 1 aliphatic rings. The van der Waals surface area contributed by atoms with Crippen LogP contribution in [0.1, 0.15) is 19.8 Å². The molecule has 4 rings (SSSR count). The minimum atomic E-state index is 0.591. The third kappa shape index (κ3) is 3.27. The van der Waals surface area contributed by atoms with Crippen LogP contribution in [-0.4, -0.2) is 47.7 Å². The number of likely N-dealkylation sites (N-methyl/N-ethyl adjacent to an activating group) is 1. The Bertz CT molecular complexity index is 877. The molecule has 0 saturated carbocycles. The molecule has 3 heterocycles. The number of hydrogen-bond acceptors (Lipinski definition) is 6. The predicted octanol–water partition coefficient (Wildman–Crippen LogP) is 4.26. The number of fused-ring (bicyclic) bond motifs is 1. The molecular weight excluding hydrogens is 344 g/mol. The highest BCUT2D eigenvalue weighted by Crippen LogP contribution is 2.37. The Kier molecular flexibility index (Phi) is 5.04. The van der Waals surface area contributed by atoms with Gasteiger partial charge in [-0.05, 0) is 43.6 Å². The molecule has 1 fully saturated rings. The van der Waals surface area contributed by atoms with Crippen LogP contribution in [-0.2, 0) is 0 Å². The standard InChI is InChI=1S/C20H24N4OS/c1-3-24-10-4-5-15(24)11-21-19-18-17(12-26-20(18)23-13-22-19)14-6-8-16(25-2)9-7-14/h6-9,12-13,15H,3-5,10-11H2,1-2H3,(H,21,22,23)/t15-/m0/s1. The second-order valence-corrected chi connectivity index (χ2v) is 7.44. The Morgan fingerprint density at radius 3 is 2.88 bits per heavy atom. The maximum absolute atomic E-state index is 5.27. The van der Waals surface area contributed by atoms with E-state index in [1.54, 1.807) is 24.8 Å². The third-order valence-electron chi connectivity index (χ3n) is 5.18. The predicted molar refractivity (Wildman–Crippen MR) is 108 cm³/mol. The summed E-state index contributed by atoms with van der Waals surface area (Å²) in [6.45, 7) is 5.48. The normalized spacial score (nSPS) is 17.7. The van der Waals surface area contributed by atoms with Crippen molar-refractivity contribution in [2.24, 2.45) is 0 Å². The van der Waals surface area contributed by atoms with Gasteiger partial charge in [0, 0.05) is 23.5 Å². The van der Waals surface area contributed by atoms with Crippen LogP contribution in [0, 0.1) is 0 Å². The van der Waals surface area contributed by atoms with Gasteiger partial charge in [-0.2, -0.15) is 0 Å². The molecule has 3 aromatic rings. The average Bonchev–Trinajstić information content (AvgIpc) is 3.33. The van der Waals surface area contributed by atoms with Gasteiger partial charge in [-0.1, -0.05) is 19.1 Å². The molecule has 1 saturated heterocycles. The van der Waals surface area contributed by atoms with Crippen LogP contribution in [0.15, 0.2) is 36.0 Å². The second kappa shape index (κ2) is 7.60. The highest BCUT2D eigenvalue weighted by molar-refractivity contribution is 7.17. The van der Waals surface area contributed by atoms with Crippen LogP contribution in [0.25, 0.3) is 21.3 Å². The van der Waals surface area contributed by atoms with E-state index in [1.165, 1.54) is 24.9 Å². The second-order valence-electron chi connectivity index (χ2n) is 6.59. The number of hydrogen-bond donors (Lipinski definition) is 1. The van der Waals surface area contributed by atoms with Crippen LogP contribution >= 0.6 is 11.3 Å². The van der Waals surface area contributed by atoms with Gasteiger partial charge in [0.2, 0.25) is 0 Å². The van der Waals surface area contributed by atoms with Gasteiger partial charge in [0.1, 0.15) is 22.7 Å². The van der Waals surface area contributed by atoms with Crippen LogP contribution in [0.5, 0.6) is 5.75 Å². The van der Waals surface area contributed by atoms with E-state index in [-0.39, 0.29) is 0 Å². The third-order valence-corrected chi connectivity index (χ3v) is 6.07. The van der Waals surface area contributed by atoms with Gasteiger partial charge < -0.3 is 10.1 Å². The van der Waals surface area contributed by atoms with E-state index in [9.17, 15) is 0 Å². The Hall–Kier alpha value is -2.18. The number of benzene rings is 1. The van der Waals surface area contributed by atoms with Gasteiger partial charge in [0.15, 0.2) is 0 Å². The molecule has 0 unspecified atom stereocenters. The quantitative estimate of drug-likeness (QED) is 0.704. The number of anilines is 1. The SMILES string of the molecule is CCN1CCC[C@H]1CNc1ncnc2scc(-c3ccc(OC)cc3)c12. The molecule has 0 spiro atoms. The number of aromatic nitrogens is 2. The lowest BCUT2D eigenvalue weighted by molar-refractivity contribution is 0.277. The largest absolute Gasteiger partial charge is 0.497 e. The van der Waals surface area contributed by atoms with Crippen LogP contribution in [0.4, 0.5) is 5.82 Å². The summed E-state index contributed by atoms with van der Waals surface area (Å²) in [6.07, 6.45) is 4.20. The molecule has 0 amide bonds. The van der Waals surface area contributed by atoms with E-state index in [4.69, 9.17) is 4.74 Å². The minimum Gasteiger partial charge on any atom is -0.497 e. The molecular formula is C20H24N4OS. The molecule has 0 aliphatic carbocycles. The average molecular weight is 369 g/mol. The first kappa shape index (κ1) is 17.2. The van der Waals surface area contributed by atoms with E-state index < -0.39 is 0 Å². The van der Waals surface area contributed by atoms with Crippen molar-refractivity contribution in [1.29, 1.82) is 0 Å². The highest BCUT2D eigenvalue weighted by Gasteiger charge is 2.23. The zero-order chi connectivity index (χ0) is 17.9. The number of methoxy groups -OCH3 is 1. The summed E-state index contributed by atoms with van der Waals surface area (Å²) in [5, 5.41) is 6.88. The fraction of sp³-hybridized carbons (Fsp3) is 0.400. The van der Waals surface area contributed by atoms with E-state index >= 15 is 0 Å². The molecule has 1 aromatic carbocycles. The smallest absolute Gasteiger partial charge is 0.138 e. The van der Waals surface area contributed by atoms with E-state index in [1.807, 2.05) is 12.1 Å². The first-order chi connectivity index (χ1) is 12.8. The summed E-state index contributed by atoms with van der Waals surface area (Å²) < 4.78 is 5.27. The number of thiophene rings is 1. The van der Waals surface area contributed by atoms with E-state index in [0.29, 0.717) is 6.04 Å². The van der Waals surface area contributed by atoms with Gasteiger partial charge in [-0.25, -0.2) is 9.97 Å². The van der Waals surface area contributed by atoms with Crippen molar-refractivity contribution >= 4 is 27.4 Å². The first-order valence-corrected chi connectivity index (χ1v) is 10.0. The van der Waals surface area contributed by atoms with Gasteiger partial charge in [-0.3, -0.25) is 4.90 Å². The molecule has 2 aromatic heterocycles. The van der Waals surface area contributed by atoms with Gasteiger partial charge in [-0.15, -0.1) is 11.3 Å². The maximum atomic E-state index is 5.27. The number of likely N-dealkylation sites (tertiary alicyclic amines) is 1. The molecule has 136 valence electrons. The summed E-state index contributed by atoms with van der Waals surface area (Å²) in [5.74, 6) is 1.80. The van der Waals surface area contributed by atoms with Crippen LogP contribution < -0.4 is 10.1 Å². The van der Waals surface area contributed by atoms with E-state index in [2.05, 4.69) is 44.6 Å². The zero-order valence-electron chi connectivity index (χ0n) is 15.2. The monoisotopic (exact) mass is 368 g/mol. The van der Waals surface area contributed by atoms with Crippen LogP contribution in [0.3, 0.4) is 0 Å². The summed E-state index contributed by atoms with van der Waals surface area (Å²) >= 11 is 1.66. The molecule has 1 atom stereocenters. The summed E-state index contributed by atoms with van der Waals surface area (Å²) in [4.78, 5) is 12.6. The van der Waals surface area contributed by atoms with Crippen molar-refractivity contribution < 1.29 is 4.74 Å². The Morgan fingerprint density at radius 1 is 1.27 bits per heavy atom. The fourth-order valence-electron chi connectivity index (χ4n) is 3.75. The van der Waals surface area contributed by atoms with Crippen molar-refractivity contribution in [2.45, 2.75) is 25.8 Å². The summed E-state index contributed by atoms with van der Waals surface area (Å²) in [7, 11) is 1.69. The highest BCUT2D eigenvalue weighted by atomic mass is 32.1. The Labute approximate surface area is 158 Å². The van der Waals surface area contributed by atoms with Crippen molar-refractivity contribution in [2.75, 3.05) is 32.1 Å². The lowest BCUT2D eigenvalue weighted by atomic mass is 10.1. The summed E-state index contributed by atoms with van der Waals surface area (Å²) in [6, 6.07) is 8.76. The number of ether oxygens (including phenoxy) is 1. The van der Waals surface area contributed by atoms with E-state index in [0.717, 1.165) is 40.4 Å². The Balaban J connectivity index is 1.63. The number of nitrogens with zero attached hydrogens (tertiary/aromatic N) is 3. The number of nitrogens with one attached hydrogen (secondary N) is 1. The van der Waals surface area contributed by atoms with Gasteiger partial charge in [0.05, 0.1) is 12.5 Å². The van der Waals surface area contributed by atoms with Gasteiger partial charge in [0.25, 0.3) is 0 Å².